The first-order valence-electron chi connectivity index (χ1n) is 5.77. The number of rotatable bonds is 6. The zero-order valence-corrected chi connectivity index (χ0v) is 11.2. The van der Waals surface area contributed by atoms with Crippen LogP contribution in [0.4, 0.5) is 0 Å². The molecular weight excluding hydrogens is 234 g/mol. The van der Waals surface area contributed by atoms with E-state index < -0.39 is 0 Å². The van der Waals surface area contributed by atoms with Gasteiger partial charge in [-0.2, -0.15) is 12.6 Å². The maximum atomic E-state index is 11.0. The van der Waals surface area contributed by atoms with Gasteiger partial charge >= 0.3 is 0 Å². The lowest BCUT2D eigenvalue weighted by atomic mass is 10.1. The molecule has 0 saturated heterocycles. The molecule has 17 heavy (non-hydrogen) atoms. The molecule has 94 valence electrons. The number of thiol groups is 1. The van der Waals surface area contributed by atoms with Crippen molar-refractivity contribution in [3.05, 3.63) is 29.3 Å². The monoisotopic (exact) mass is 253 g/mol. The standard InChI is InChI=1S/C13H19NO2S/c1-3-16-12-5-4-11(8-10(12)2)6-7-14-13(15)9-17/h4-5,8,17H,3,6-7,9H2,1-2H3,(H,14,15). The topological polar surface area (TPSA) is 38.3 Å². The second kappa shape index (κ2) is 7.22. The van der Waals surface area contributed by atoms with Crippen LogP contribution < -0.4 is 10.1 Å². The molecule has 3 nitrogen and oxygen atoms in total. The van der Waals surface area contributed by atoms with E-state index in [0.29, 0.717) is 13.2 Å². The van der Waals surface area contributed by atoms with Crippen molar-refractivity contribution in [1.29, 1.82) is 0 Å². The third-order valence-corrected chi connectivity index (χ3v) is 2.71. The van der Waals surface area contributed by atoms with Crippen LogP contribution >= 0.6 is 12.6 Å². The number of benzene rings is 1. The van der Waals surface area contributed by atoms with Gasteiger partial charge in [0.15, 0.2) is 0 Å². The minimum atomic E-state index is -0.0315. The Hall–Kier alpha value is -1.16. The largest absolute Gasteiger partial charge is 0.494 e. The first kappa shape index (κ1) is 13.9. The predicted molar refractivity (Wildman–Crippen MR) is 72.9 cm³/mol. The highest BCUT2D eigenvalue weighted by Gasteiger charge is 2.01. The van der Waals surface area contributed by atoms with Gasteiger partial charge in [0.05, 0.1) is 12.4 Å². The molecule has 0 spiro atoms. The van der Waals surface area contributed by atoms with Crippen LogP contribution in [0, 0.1) is 6.92 Å². The highest BCUT2D eigenvalue weighted by Crippen LogP contribution is 2.19. The van der Waals surface area contributed by atoms with Gasteiger partial charge in [0, 0.05) is 6.54 Å². The summed E-state index contributed by atoms with van der Waals surface area (Å²) in [6, 6.07) is 6.11. The Balaban J connectivity index is 2.50. The van der Waals surface area contributed by atoms with Gasteiger partial charge in [-0.1, -0.05) is 12.1 Å². The molecule has 1 N–H and O–H groups in total. The highest BCUT2D eigenvalue weighted by molar-refractivity contribution is 7.81. The van der Waals surface area contributed by atoms with Crippen LogP contribution in [0.5, 0.6) is 5.75 Å². The van der Waals surface area contributed by atoms with Gasteiger partial charge in [0.25, 0.3) is 0 Å². The van der Waals surface area contributed by atoms with Gasteiger partial charge < -0.3 is 10.1 Å². The minimum absolute atomic E-state index is 0.0315. The number of aryl methyl sites for hydroxylation is 1. The van der Waals surface area contributed by atoms with E-state index in [1.165, 1.54) is 5.56 Å². The molecule has 1 rings (SSSR count). The fraction of sp³-hybridized carbons (Fsp3) is 0.462. The summed E-state index contributed by atoms with van der Waals surface area (Å²) in [5.74, 6) is 1.13. The van der Waals surface area contributed by atoms with Crippen LogP contribution in [-0.4, -0.2) is 24.8 Å². The van der Waals surface area contributed by atoms with Gasteiger partial charge in [-0.15, -0.1) is 0 Å². The Morgan fingerprint density at radius 1 is 1.47 bits per heavy atom. The molecule has 0 bridgehead atoms. The maximum Gasteiger partial charge on any atom is 0.229 e. The summed E-state index contributed by atoms with van der Waals surface area (Å²) in [4.78, 5) is 11.0. The molecule has 1 aromatic rings. The smallest absolute Gasteiger partial charge is 0.229 e. The molecule has 0 unspecified atom stereocenters. The summed E-state index contributed by atoms with van der Waals surface area (Å²) in [7, 11) is 0. The summed E-state index contributed by atoms with van der Waals surface area (Å²) in [5, 5.41) is 2.79. The van der Waals surface area contributed by atoms with Crippen molar-refractivity contribution in [2.75, 3.05) is 18.9 Å². The van der Waals surface area contributed by atoms with Crippen molar-refractivity contribution < 1.29 is 9.53 Å². The molecule has 0 fully saturated rings. The van der Waals surface area contributed by atoms with E-state index in [4.69, 9.17) is 4.74 Å². The van der Waals surface area contributed by atoms with Crippen LogP contribution in [0.3, 0.4) is 0 Å². The lowest BCUT2D eigenvalue weighted by molar-refractivity contribution is -0.118. The number of ether oxygens (including phenoxy) is 1. The normalized spacial score (nSPS) is 10.1. The van der Waals surface area contributed by atoms with E-state index in [1.807, 2.05) is 26.0 Å². The number of carbonyl (C=O) groups is 1. The molecule has 0 aliphatic heterocycles. The van der Waals surface area contributed by atoms with Gasteiger partial charge in [-0.05, 0) is 37.5 Å². The second-order valence-corrected chi connectivity index (χ2v) is 4.11. The molecule has 0 atom stereocenters. The lowest BCUT2D eigenvalue weighted by Crippen LogP contribution is -2.26. The van der Waals surface area contributed by atoms with Crippen LogP contribution in [0.25, 0.3) is 0 Å². The average Bonchev–Trinajstić information content (AvgIpc) is 2.32. The maximum absolute atomic E-state index is 11.0. The van der Waals surface area contributed by atoms with Crippen molar-refractivity contribution in [3.63, 3.8) is 0 Å². The van der Waals surface area contributed by atoms with E-state index in [0.717, 1.165) is 17.7 Å². The fourth-order valence-electron chi connectivity index (χ4n) is 1.59. The highest BCUT2D eigenvalue weighted by atomic mass is 32.1. The molecule has 0 aromatic heterocycles. The van der Waals surface area contributed by atoms with E-state index in [2.05, 4.69) is 24.0 Å². The number of amides is 1. The second-order valence-electron chi connectivity index (χ2n) is 3.79. The summed E-state index contributed by atoms with van der Waals surface area (Å²) in [6.07, 6.45) is 0.826. The first-order chi connectivity index (χ1) is 8.17. The Labute approximate surface area is 108 Å². The Morgan fingerprint density at radius 2 is 2.24 bits per heavy atom. The molecule has 1 aromatic carbocycles. The van der Waals surface area contributed by atoms with Crippen molar-refractivity contribution in [3.8, 4) is 5.75 Å². The van der Waals surface area contributed by atoms with Crippen molar-refractivity contribution in [2.45, 2.75) is 20.3 Å². The molecule has 1 amide bonds. The molecule has 4 heteroatoms. The number of hydrogen-bond acceptors (Lipinski definition) is 3. The van der Waals surface area contributed by atoms with E-state index >= 15 is 0 Å². The van der Waals surface area contributed by atoms with Crippen LogP contribution in [0.1, 0.15) is 18.1 Å². The SMILES string of the molecule is CCOc1ccc(CCNC(=O)CS)cc1C. The van der Waals surface area contributed by atoms with E-state index in [9.17, 15) is 4.79 Å². The Kier molecular flexibility index (Phi) is 5.91. The minimum Gasteiger partial charge on any atom is -0.494 e. The van der Waals surface area contributed by atoms with E-state index in [1.54, 1.807) is 0 Å². The molecule has 0 radical (unpaired) electrons. The third-order valence-electron chi connectivity index (χ3n) is 2.42. The van der Waals surface area contributed by atoms with Gasteiger partial charge in [-0.25, -0.2) is 0 Å². The van der Waals surface area contributed by atoms with E-state index in [-0.39, 0.29) is 11.7 Å². The summed E-state index contributed by atoms with van der Waals surface area (Å²) in [6.45, 7) is 5.33. The molecule has 0 saturated carbocycles. The van der Waals surface area contributed by atoms with Gasteiger partial charge in [-0.3, -0.25) is 4.79 Å². The summed E-state index contributed by atoms with van der Waals surface area (Å²) >= 11 is 3.90. The van der Waals surface area contributed by atoms with Crippen molar-refractivity contribution in [2.24, 2.45) is 0 Å². The average molecular weight is 253 g/mol. The van der Waals surface area contributed by atoms with Crippen LogP contribution in [-0.2, 0) is 11.2 Å². The quantitative estimate of drug-likeness (QED) is 0.761. The summed E-state index contributed by atoms with van der Waals surface area (Å²) in [5.41, 5.74) is 2.33. The van der Waals surface area contributed by atoms with Crippen LogP contribution in [0.2, 0.25) is 0 Å². The molecule has 0 aliphatic rings. The number of hydrogen-bond donors (Lipinski definition) is 2. The fourth-order valence-corrected chi connectivity index (χ4v) is 1.70. The van der Waals surface area contributed by atoms with Crippen LogP contribution in [0.15, 0.2) is 18.2 Å². The number of nitrogens with one attached hydrogen (secondary N) is 1. The molecular formula is C13H19NO2S. The third kappa shape index (κ3) is 4.69. The summed E-state index contributed by atoms with van der Waals surface area (Å²) < 4.78 is 5.47. The first-order valence-corrected chi connectivity index (χ1v) is 6.40. The zero-order chi connectivity index (χ0) is 12.7. The van der Waals surface area contributed by atoms with Crippen molar-refractivity contribution >= 4 is 18.5 Å². The number of carbonyl (C=O) groups excluding carboxylic acids is 1. The Morgan fingerprint density at radius 3 is 2.82 bits per heavy atom. The lowest BCUT2D eigenvalue weighted by Gasteiger charge is -2.09. The van der Waals surface area contributed by atoms with Crippen molar-refractivity contribution in [1.82, 2.24) is 5.32 Å². The van der Waals surface area contributed by atoms with Gasteiger partial charge in [0.2, 0.25) is 5.91 Å². The Bertz CT molecular complexity index is 380. The zero-order valence-electron chi connectivity index (χ0n) is 10.3. The molecule has 0 heterocycles. The predicted octanol–water partition coefficient (Wildman–Crippen LogP) is 1.98. The molecule has 0 aliphatic carbocycles. The van der Waals surface area contributed by atoms with Gasteiger partial charge in [0.1, 0.15) is 5.75 Å².